The Hall–Kier alpha value is -2.58. The molecule has 0 atom stereocenters. The van der Waals surface area contributed by atoms with Crippen molar-refractivity contribution in [2.75, 3.05) is 0 Å². The van der Waals surface area contributed by atoms with Gasteiger partial charge >= 0.3 is 111 Å². The molecule has 3 heteroatoms. The standard InChI is InChI=1S/C21H25.C13H10.C5H5.2ClH.Hf/c1-20(2,3)16-9-7-14-11-15-8-10-17(21(4,5)6)13-19(15)18(14)12-16;1-3-7-12(8-4-1)11-13-9-5-2-6-10-13;1-2-4-5-3-1;;;/h7-13H,1-6H3;1-10H;1-5H;2*1H;/q-1;;-1;;;+2/p-2. The second kappa shape index (κ2) is 14.3. The molecule has 6 aromatic carbocycles. The van der Waals surface area contributed by atoms with E-state index in [1.54, 1.807) is 0 Å². The van der Waals surface area contributed by atoms with Gasteiger partial charge in [0.15, 0.2) is 0 Å². The van der Waals surface area contributed by atoms with E-state index in [-0.39, 0.29) is 10.8 Å². The van der Waals surface area contributed by atoms with Crippen LogP contribution in [0.4, 0.5) is 0 Å². The van der Waals surface area contributed by atoms with E-state index >= 15 is 0 Å². The maximum absolute atomic E-state index is 6.25. The van der Waals surface area contributed by atoms with Crippen LogP contribution in [0.1, 0.15) is 63.8 Å². The van der Waals surface area contributed by atoms with Crippen LogP contribution in [0.3, 0.4) is 0 Å². The van der Waals surface area contributed by atoms with Gasteiger partial charge in [-0.1, -0.05) is 76.9 Å². The second-order valence-electron chi connectivity index (χ2n) is 12.6. The quantitative estimate of drug-likeness (QED) is 0.122. The van der Waals surface area contributed by atoms with E-state index < -0.39 is 18.6 Å². The largest absolute Gasteiger partial charge is 0.214 e. The average molecular weight is 758 g/mol. The zero-order valence-corrected chi connectivity index (χ0v) is 30.6. The monoisotopic (exact) mass is 758 g/mol. The molecular weight excluding hydrogens is 718 g/mol. The molecule has 0 aliphatic heterocycles. The predicted molar refractivity (Wildman–Crippen MR) is 184 cm³/mol. The zero-order chi connectivity index (χ0) is 30.3. The average Bonchev–Trinajstić information content (AvgIpc) is 3.65. The van der Waals surface area contributed by atoms with Gasteiger partial charge in [0.1, 0.15) is 0 Å². The van der Waals surface area contributed by atoms with Crippen LogP contribution in [0, 0.1) is 0 Å². The summed E-state index contributed by atoms with van der Waals surface area (Å²) in [7, 11) is 12.5. The Morgan fingerprint density at radius 1 is 0.548 bits per heavy atom. The summed E-state index contributed by atoms with van der Waals surface area (Å²) >= 11 is -2.60. The second-order valence-corrected chi connectivity index (χ2v) is 24.0. The molecule has 0 aliphatic rings. The van der Waals surface area contributed by atoms with Crippen LogP contribution in [0.25, 0.3) is 21.5 Å². The number of rotatable bonds is 2. The summed E-state index contributed by atoms with van der Waals surface area (Å²) in [4.78, 5) is 0. The molecule has 0 saturated heterocycles. The van der Waals surface area contributed by atoms with E-state index in [9.17, 15) is 0 Å². The summed E-state index contributed by atoms with van der Waals surface area (Å²) in [5.74, 6) is 0. The molecule has 0 heterocycles. The van der Waals surface area contributed by atoms with Crippen molar-refractivity contribution < 1.29 is 18.6 Å². The van der Waals surface area contributed by atoms with Gasteiger partial charge in [0.05, 0.1) is 0 Å². The minimum Gasteiger partial charge on any atom is -0.214 e. The first-order chi connectivity index (χ1) is 19.9. The van der Waals surface area contributed by atoms with E-state index in [0.29, 0.717) is 0 Å². The normalized spacial score (nSPS) is 11.3. The molecule has 6 aromatic rings. The first-order valence-corrected chi connectivity index (χ1v) is 25.1. The van der Waals surface area contributed by atoms with Crippen LogP contribution in [-0.2, 0) is 29.4 Å². The van der Waals surface area contributed by atoms with Gasteiger partial charge in [-0.15, -0.1) is 39.7 Å². The Kier molecular flexibility index (Phi) is 11.0. The van der Waals surface area contributed by atoms with E-state index in [1.165, 1.54) is 32.7 Å². The van der Waals surface area contributed by atoms with E-state index in [1.807, 2.05) is 66.7 Å². The molecule has 0 N–H and O–H groups in total. The zero-order valence-electron chi connectivity index (χ0n) is 25.5. The third-order valence-electron chi connectivity index (χ3n) is 7.31. The Bertz CT molecular complexity index is 1600. The van der Waals surface area contributed by atoms with Crippen molar-refractivity contribution in [1.82, 2.24) is 0 Å². The minimum absolute atomic E-state index is 0.194. The summed E-state index contributed by atoms with van der Waals surface area (Å²) in [6.07, 6.45) is 0. The summed E-state index contributed by atoms with van der Waals surface area (Å²) in [6.45, 7) is 13.7. The Labute approximate surface area is 266 Å². The molecule has 0 nitrogen and oxygen atoms in total. The summed E-state index contributed by atoms with van der Waals surface area (Å²) in [5.41, 5.74) is 5.51. The molecule has 0 bridgehead atoms. The third kappa shape index (κ3) is 8.50. The topological polar surface area (TPSA) is 0 Å². The number of benzene rings is 4. The van der Waals surface area contributed by atoms with Gasteiger partial charge in [-0.25, -0.2) is 12.1 Å². The molecule has 0 aromatic heterocycles. The van der Waals surface area contributed by atoms with E-state index in [4.69, 9.17) is 17.2 Å². The molecule has 0 unspecified atom stereocenters. The third-order valence-corrected chi connectivity index (χ3v) is 13.8. The molecule has 0 radical (unpaired) electrons. The molecule has 42 heavy (non-hydrogen) atoms. The molecule has 0 fully saturated rings. The van der Waals surface area contributed by atoms with Crippen LogP contribution < -0.4 is 0 Å². The van der Waals surface area contributed by atoms with Crippen LogP contribution in [0.5, 0.6) is 0 Å². The SMILES string of the molecule is CC(C)(C)c1ccc2[cH-]c3ccc(C(C)(C)C)cc3c2c1.[Cl][Hf]([Cl])=[C](c1ccccc1)c1ccccc1.c1cc[cH-]c1. The Balaban J connectivity index is 0.000000170. The molecule has 0 spiro atoms. The summed E-state index contributed by atoms with van der Waals surface area (Å²) in [5, 5.41) is 5.49. The van der Waals surface area contributed by atoms with Crippen molar-refractivity contribution in [1.29, 1.82) is 0 Å². The maximum Gasteiger partial charge on any atom is -0.172 e. The number of fused-ring (bicyclic) bond motifs is 3. The molecule has 216 valence electrons. The Morgan fingerprint density at radius 2 is 0.952 bits per heavy atom. The maximum atomic E-state index is 6.25. The number of hydrogen-bond donors (Lipinski definition) is 0. The first kappa shape index (κ1) is 32.3. The fourth-order valence-electron chi connectivity index (χ4n) is 4.85. The molecular formula is C39H40Cl2Hf-2. The van der Waals surface area contributed by atoms with Crippen LogP contribution in [0.2, 0.25) is 0 Å². The number of hydrogen-bond acceptors (Lipinski definition) is 0. The van der Waals surface area contributed by atoms with Crippen molar-refractivity contribution in [3.05, 3.63) is 156 Å². The van der Waals surface area contributed by atoms with Crippen molar-refractivity contribution in [2.45, 2.75) is 52.4 Å². The van der Waals surface area contributed by atoms with Crippen LogP contribution >= 0.6 is 17.2 Å². The van der Waals surface area contributed by atoms with Crippen molar-refractivity contribution in [3.8, 4) is 0 Å². The van der Waals surface area contributed by atoms with Crippen molar-refractivity contribution in [3.63, 3.8) is 0 Å². The summed E-state index contributed by atoms with van der Waals surface area (Å²) < 4.78 is 1.16. The fraction of sp³-hybridized carbons (Fsp3) is 0.205. The first-order valence-electron chi connectivity index (χ1n) is 14.4. The van der Waals surface area contributed by atoms with Crippen molar-refractivity contribution in [2.24, 2.45) is 0 Å². The van der Waals surface area contributed by atoms with Gasteiger partial charge in [-0.2, -0.15) is 18.2 Å². The van der Waals surface area contributed by atoms with E-state index in [0.717, 1.165) is 14.4 Å². The van der Waals surface area contributed by atoms with Gasteiger partial charge in [0.2, 0.25) is 0 Å². The van der Waals surface area contributed by atoms with E-state index in [2.05, 4.69) is 108 Å². The molecule has 0 saturated carbocycles. The van der Waals surface area contributed by atoms with Gasteiger partial charge < -0.3 is 0 Å². The fourth-order valence-corrected chi connectivity index (χ4v) is 11.2. The molecule has 0 amide bonds. The molecule has 6 rings (SSSR count). The van der Waals surface area contributed by atoms with Crippen LogP contribution in [-0.4, -0.2) is 3.26 Å². The predicted octanol–water partition coefficient (Wildman–Crippen LogP) is 11.9. The minimum atomic E-state index is -2.60. The van der Waals surface area contributed by atoms with Gasteiger partial charge in [0, 0.05) is 0 Å². The molecule has 0 aliphatic carbocycles. The summed E-state index contributed by atoms with van der Waals surface area (Å²) in [6, 6.07) is 46.5. The Morgan fingerprint density at radius 3 is 1.26 bits per heavy atom. The smallest absolute Gasteiger partial charge is 0.172 e. The van der Waals surface area contributed by atoms with Crippen LogP contribution in [0.15, 0.2) is 133 Å². The number of halogens is 2. The van der Waals surface area contributed by atoms with Gasteiger partial charge in [-0.05, 0) is 10.8 Å². The van der Waals surface area contributed by atoms with Crippen molar-refractivity contribution >= 4 is 42.0 Å². The van der Waals surface area contributed by atoms with Gasteiger partial charge in [0.25, 0.3) is 0 Å². The van der Waals surface area contributed by atoms with Gasteiger partial charge in [-0.3, -0.25) is 0 Å².